The van der Waals surface area contributed by atoms with Crippen LogP contribution in [0.15, 0.2) is 11.1 Å². The lowest BCUT2D eigenvalue weighted by atomic mass is 9.99. The smallest absolute Gasteiger partial charge is 0.237 e. The minimum absolute atomic E-state index is 0.00652. The Bertz CT molecular complexity index is 453. The quantitative estimate of drug-likeness (QED) is 0.758. The maximum absolute atomic E-state index is 12.4. The molecule has 0 radical (unpaired) electrons. The number of nitrogens with one attached hydrogen (secondary N) is 2. The zero-order chi connectivity index (χ0) is 16.1. The van der Waals surface area contributed by atoms with Gasteiger partial charge in [0.25, 0.3) is 0 Å². The minimum atomic E-state index is -0.0853. The fourth-order valence-corrected chi connectivity index (χ4v) is 3.35. The van der Waals surface area contributed by atoms with Crippen LogP contribution in [0.25, 0.3) is 0 Å². The summed E-state index contributed by atoms with van der Waals surface area (Å²) < 4.78 is 0. The van der Waals surface area contributed by atoms with Gasteiger partial charge in [-0.2, -0.15) is 0 Å². The summed E-state index contributed by atoms with van der Waals surface area (Å²) in [6.07, 6.45) is 5.64. The van der Waals surface area contributed by atoms with E-state index in [1.54, 1.807) is 6.92 Å². The Morgan fingerprint density at radius 1 is 1.32 bits per heavy atom. The number of carbonyl (C=O) groups is 2. The van der Waals surface area contributed by atoms with Crippen LogP contribution in [0.1, 0.15) is 52.9 Å². The van der Waals surface area contributed by atoms with Gasteiger partial charge in [0.05, 0.1) is 6.04 Å². The number of amides is 2. The van der Waals surface area contributed by atoms with E-state index in [1.807, 2.05) is 6.92 Å². The largest absolute Gasteiger partial charge is 0.353 e. The first-order valence-corrected chi connectivity index (χ1v) is 8.43. The Morgan fingerprint density at radius 2 is 2.00 bits per heavy atom. The van der Waals surface area contributed by atoms with Crippen molar-refractivity contribution in [3.63, 3.8) is 0 Å². The summed E-state index contributed by atoms with van der Waals surface area (Å²) in [6, 6.07) is 0.296. The molecular formula is C17H29N3O2. The number of carbonyl (C=O) groups excluding carboxylic acids is 2. The molecule has 124 valence electrons. The Labute approximate surface area is 133 Å². The van der Waals surface area contributed by atoms with E-state index in [0.29, 0.717) is 12.6 Å². The number of hydrogen-bond donors (Lipinski definition) is 2. The molecule has 1 fully saturated rings. The van der Waals surface area contributed by atoms with Gasteiger partial charge in [0.2, 0.25) is 11.8 Å². The van der Waals surface area contributed by atoms with Crippen LogP contribution in [0.3, 0.4) is 0 Å². The lowest BCUT2D eigenvalue weighted by Gasteiger charge is -2.34. The van der Waals surface area contributed by atoms with Crippen LogP contribution in [-0.2, 0) is 9.59 Å². The molecule has 2 aliphatic rings. The normalized spacial score (nSPS) is 21.8. The molecule has 1 aliphatic carbocycles. The van der Waals surface area contributed by atoms with Gasteiger partial charge in [0.1, 0.15) is 0 Å². The molecule has 1 atom stereocenters. The van der Waals surface area contributed by atoms with Gasteiger partial charge in [-0.05, 0) is 38.7 Å². The zero-order valence-corrected chi connectivity index (χ0v) is 14.1. The molecule has 1 saturated carbocycles. The van der Waals surface area contributed by atoms with Crippen LogP contribution in [-0.4, -0.2) is 48.4 Å². The summed E-state index contributed by atoms with van der Waals surface area (Å²) >= 11 is 0. The predicted molar refractivity (Wildman–Crippen MR) is 87.4 cm³/mol. The lowest BCUT2D eigenvalue weighted by molar-refractivity contribution is -0.126. The Balaban J connectivity index is 1.85. The molecule has 1 unspecified atom stereocenters. The van der Waals surface area contributed by atoms with Crippen LogP contribution in [0, 0.1) is 0 Å². The van der Waals surface area contributed by atoms with E-state index in [-0.39, 0.29) is 17.9 Å². The van der Waals surface area contributed by atoms with Gasteiger partial charge in [0.15, 0.2) is 0 Å². The number of rotatable bonds is 5. The average molecular weight is 307 g/mol. The SMILES string of the molecule is CC(=O)NCC1=C(C)CN(C(C)C(=O)NC2CCCC2)CC1. The van der Waals surface area contributed by atoms with Crippen LogP contribution in [0.4, 0.5) is 0 Å². The molecule has 2 amide bonds. The number of nitrogens with zero attached hydrogens (tertiary/aromatic N) is 1. The molecule has 2 rings (SSSR count). The van der Waals surface area contributed by atoms with Crippen molar-refractivity contribution in [1.82, 2.24) is 15.5 Å². The highest BCUT2D eigenvalue weighted by Gasteiger charge is 2.27. The molecule has 5 nitrogen and oxygen atoms in total. The second kappa shape index (κ2) is 7.77. The Kier molecular flexibility index (Phi) is 6.00. The predicted octanol–water partition coefficient (Wildman–Crippen LogP) is 1.59. The van der Waals surface area contributed by atoms with Gasteiger partial charge in [-0.25, -0.2) is 0 Å². The maximum Gasteiger partial charge on any atom is 0.237 e. The van der Waals surface area contributed by atoms with E-state index in [2.05, 4.69) is 22.5 Å². The van der Waals surface area contributed by atoms with Gasteiger partial charge in [-0.1, -0.05) is 18.4 Å². The fourth-order valence-electron chi connectivity index (χ4n) is 3.35. The highest BCUT2D eigenvalue weighted by Crippen LogP contribution is 2.21. The van der Waals surface area contributed by atoms with Crippen molar-refractivity contribution in [2.24, 2.45) is 0 Å². The molecule has 22 heavy (non-hydrogen) atoms. The standard InChI is InChI=1S/C17H29N3O2/c1-12-11-20(9-8-15(12)10-18-14(3)21)13(2)17(22)19-16-6-4-5-7-16/h13,16H,4-11H2,1-3H3,(H,18,21)(H,19,22). The monoisotopic (exact) mass is 307 g/mol. The summed E-state index contributed by atoms with van der Waals surface area (Å²) in [7, 11) is 0. The fraction of sp³-hybridized carbons (Fsp3) is 0.765. The number of hydrogen-bond acceptors (Lipinski definition) is 3. The van der Waals surface area contributed by atoms with Crippen molar-refractivity contribution in [1.29, 1.82) is 0 Å². The third-order valence-corrected chi connectivity index (χ3v) is 4.92. The maximum atomic E-state index is 12.4. The summed E-state index contributed by atoms with van der Waals surface area (Å²) in [6.45, 7) is 7.97. The summed E-state index contributed by atoms with van der Waals surface area (Å²) in [5.74, 6) is 0.164. The van der Waals surface area contributed by atoms with Gasteiger partial charge in [0, 0.05) is 32.6 Å². The van der Waals surface area contributed by atoms with Crippen LogP contribution >= 0.6 is 0 Å². The third-order valence-electron chi connectivity index (χ3n) is 4.92. The second-order valence-corrected chi connectivity index (χ2v) is 6.68. The summed E-state index contributed by atoms with van der Waals surface area (Å²) in [5, 5.41) is 6.05. The first-order valence-electron chi connectivity index (χ1n) is 8.43. The van der Waals surface area contributed by atoms with E-state index in [4.69, 9.17) is 0 Å². The molecular weight excluding hydrogens is 278 g/mol. The zero-order valence-electron chi connectivity index (χ0n) is 14.1. The van der Waals surface area contributed by atoms with Crippen molar-refractivity contribution in [2.45, 2.75) is 65.0 Å². The molecule has 1 aliphatic heterocycles. The van der Waals surface area contributed by atoms with Crippen LogP contribution < -0.4 is 10.6 Å². The van der Waals surface area contributed by atoms with Gasteiger partial charge in [-0.15, -0.1) is 0 Å². The molecule has 5 heteroatoms. The molecule has 1 heterocycles. The van der Waals surface area contributed by atoms with Gasteiger partial charge in [-0.3, -0.25) is 14.5 Å². The average Bonchev–Trinajstić information content (AvgIpc) is 2.97. The Hall–Kier alpha value is -1.36. The minimum Gasteiger partial charge on any atom is -0.353 e. The second-order valence-electron chi connectivity index (χ2n) is 6.68. The van der Waals surface area contributed by atoms with E-state index < -0.39 is 0 Å². The van der Waals surface area contributed by atoms with E-state index in [9.17, 15) is 9.59 Å². The van der Waals surface area contributed by atoms with Crippen LogP contribution in [0.5, 0.6) is 0 Å². The molecule has 0 aromatic heterocycles. The highest BCUT2D eigenvalue weighted by atomic mass is 16.2. The molecule has 0 saturated heterocycles. The third kappa shape index (κ3) is 4.57. The topological polar surface area (TPSA) is 61.4 Å². The molecule has 2 N–H and O–H groups in total. The van der Waals surface area contributed by atoms with Crippen molar-refractivity contribution in [2.75, 3.05) is 19.6 Å². The van der Waals surface area contributed by atoms with Crippen molar-refractivity contribution in [3.05, 3.63) is 11.1 Å². The van der Waals surface area contributed by atoms with Gasteiger partial charge < -0.3 is 10.6 Å². The molecule has 0 aromatic carbocycles. The van der Waals surface area contributed by atoms with Crippen LogP contribution in [0.2, 0.25) is 0 Å². The summed E-state index contributed by atoms with van der Waals surface area (Å²) in [4.78, 5) is 25.6. The first-order chi connectivity index (χ1) is 10.5. The highest BCUT2D eigenvalue weighted by molar-refractivity contribution is 5.81. The lowest BCUT2D eigenvalue weighted by Crippen LogP contribution is -2.49. The Morgan fingerprint density at radius 3 is 2.59 bits per heavy atom. The molecule has 0 bridgehead atoms. The van der Waals surface area contributed by atoms with E-state index in [1.165, 1.54) is 24.0 Å². The van der Waals surface area contributed by atoms with E-state index >= 15 is 0 Å². The van der Waals surface area contributed by atoms with Crippen molar-refractivity contribution >= 4 is 11.8 Å². The summed E-state index contributed by atoms with van der Waals surface area (Å²) in [5.41, 5.74) is 2.58. The van der Waals surface area contributed by atoms with Crippen molar-refractivity contribution < 1.29 is 9.59 Å². The molecule has 0 aromatic rings. The molecule has 0 spiro atoms. The van der Waals surface area contributed by atoms with Gasteiger partial charge >= 0.3 is 0 Å². The van der Waals surface area contributed by atoms with E-state index in [0.717, 1.165) is 32.4 Å². The first kappa shape index (κ1) is 17.0. The van der Waals surface area contributed by atoms with Crippen molar-refractivity contribution in [3.8, 4) is 0 Å².